The van der Waals surface area contributed by atoms with Crippen molar-refractivity contribution in [1.29, 1.82) is 0 Å². The highest BCUT2D eigenvalue weighted by Gasteiger charge is 2.54. The Hall–Kier alpha value is -1.66. The van der Waals surface area contributed by atoms with Crippen molar-refractivity contribution < 1.29 is 18.0 Å². The number of nitrogens with zero attached hydrogens (tertiary/aromatic N) is 2. The smallest absolute Gasteiger partial charge is 0.342 e. The van der Waals surface area contributed by atoms with Crippen molar-refractivity contribution >= 4 is 5.78 Å². The van der Waals surface area contributed by atoms with Gasteiger partial charge >= 0.3 is 6.18 Å². The molecule has 0 aromatic carbocycles. The van der Waals surface area contributed by atoms with Crippen LogP contribution in [-0.4, -0.2) is 18.5 Å². The van der Waals surface area contributed by atoms with Crippen LogP contribution in [0.5, 0.6) is 0 Å². The summed E-state index contributed by atoms with van der Waals surface area (Å²) in [7, 11) is 0. The number of rotatable bonds is 0. The molecule has 4 aliphatic rings. The third-order valence-corrected chi connectivity index (χ3v) is 6.19. The summed E-state index contributed by atoms with van der Waals surface area (Å²) >= 11 is 0. The fourth-order valence-corrected chi connectivity index (χ4v) is 5.06. The maximum absolute atomic E-state index is 13.1. The lowest BCUT2D eigenvalue weighted by Crippen LogP contribution is -2.46. The number of allylic oxidation sites excluding steroid dienone is 2. The van der Waals surface area contributed by atoms with Gasteiger partial charge in [0, 0.05) is 28.7 Å². The van der Waals surface area contributed by atoms with Crippen LogP contribution in [0.25, 0.3) is 0 Å². The molecule has 1 saturated carbocycles. The number of hydrogen-bond donors (Lipinski definition) is 1. The maximum atomic E-state index is 13.1. The summed E-state index contributed by atoms with van der Waals surface area (Å²) < 4.78 is 39.4. The van der Waals surface area contributed by atoms with Crippen molar-refractivity contribution in [2.45, 2.75) is 58.5 Å². The standard InChI is InChI=1S/C18H22F3N3O/c1-16(2)7-12-14(13(25)8-16)17(11-9-22-24-15(11)23-12)5-3-10(4-6-17)18(19,20)21/h10,23H,3-9H2,1-2H3. The molecule has 0 unspecified atom stereocenters. The molecule has 0 aromatic heterocycles. The lowest BCUT2D eigenvalue weighted by molar-refractivity contribution is -0.185. The van der Waals surface area contributed by atoms with Gasteiger partial charge in [0.1, 0.15) is 0 Å². The quantitative estimate of drug-likeness (QED) is 0.689. The van der Waals surface area contributed by atoms with Crippen LogP contribution in [-0.2, 0) is 4.79 Å². The highest BCUT2D eigenvalue weighted by atomic mass is 19.4. The van der Waals surface area contributed by atoms with E-state index in [4.69, 9.17) is 0 Å². The van der Waals surface area contributed by atoms with Gasteiger partial charge in [0.25, 0.3) is 0 Å². The molecule has 2 aliphatic heterocycles. The van der Waals surface area contributed by atoms with Gasteiger partial charge in [0.05, 0.1) is 12.5 Å². The Bertz CT molecular complexity index is 722. The molecule has 0 amide bonds. The van der Waals surface area contributed by atoms with Crippen LogP contribution in [0.1, 0.15) is 52.4 Å². The zero-order valence-electron chi connectivity index (χ0n) is 14.5. The first-order valence-corrected chi connectivity index (χ1v) is 8.84. The van der Waals surface area contributed by atoms with Gasteiger partial charge in [0.15, 0.2) is 11.6 Å². The third kappa shape index (κ3) is 2.54. The van der Waals surface area contributed by atoms with Crippen molar-refractivity contribution in [3.8, 4) is 0 Å². The van der Waals surface area contributed by atoms with Crippen LogP contribution in [0.15, 0.2) is 32.9 Å². The summed E-state index contributed by atoms with van der Waals surface area (Å²) in [6.45, 7) is 4.47. The molecule has 1 N–H and O–H groups in total. The van der Waals surface area contributed by atoms with Gasteiger partial charge in [-0.1, -0.05) is 13.8 Å². The molecule has 1 fully saturated rings. The molecule has 1 spiro atoms. The number of Topliss-reactive ketones (excluding diaryl/α,β-unsaturated/α-hetero) is 1. The molecule has 0 radical (unpaired) electrons. The van der Waals surface area contributed by atoms with E-state index >= 15 is 0 Å². The molecule has 0 saturated heterocycles. The lowest BCUT2D eigenvalue weighted by atomic mass is 9.57. The summed E-state index contributed by atoms with van der Waals surface area (Å²) in [4.78, 5) is 13.0. The second kappa shape index (κ2) is 5.17. The summed E-state index contributed by atoms with van der Waals surface area (Å²) in [5.74, 6) is -0.538. The summed E-state index contributed by atoms with van der Waals surface area (Å²) in [6.07, 6.45) is -2.17. The highest BCUT2D eigenvalue weighted by Crippen LogP contribution is 2.58. The molecule has 136 valence electrons. The van der Waals surface area contributed by atoms with Gasteiger partial charge < -0.3 is 5.32 Å². The predicted molar refractivity (Wildman–Crippen MR) is 85.4 cm³/mol. The van der Waals surface area contributed by atoms with Crippen LogP contribution < -0.4 is 5.32 Å². The van der Waals surface area contributed by atoms with Crippen LogP contribution in [0.4, 0.5) is 13.2 Å². The van der Waals surface area contributed by atoms with Crippen LogP contribution >= 0.6 is 0 Å². The van der Waals surface area contributed by atoms with E-state index in [0.29, 0.717) is 38.0 Å². The number of carbonyl (C=O) groups is 1. The van der Waals surface area contributed by atoms with Gasteiger partial charge in [-0.2, -0.15) is 18.3 Å². The summed E-state index contributed by atoms with van der Waals surface area (Å²) in [5.41, 5.74) is 1.74. The van der Waals surface area contributed by atoms with E-state index in [1.807, 2.05) is 13.8 Å². The fraction of sp³-hybridized carbons (Fsp3) is 0.722. The second-order valence-corrected chi connectivity index (χ2v) is 8.54. The van der Waals surface area contributed by atoms with Gasteiger partial charge in [-0.3, -0.25) is 4.79 Å². The van der Waals surface area contributed by atoms with Gasteiger partial charge in [-0.25, -0.2) is 0 Å². The Morgan fingerprint density at radius 1 is 1.16 bits per heavy atom. The van der Waals surface area contributed by atoms with Crippen LogP contribution in [0.2, 0.25) is 0 Å². The molecule has 0 atom stereocenters. The number of hydrogen-bond acceptors (Lipinski definition) is 4. The SMILES string of the molecule is CC1(C)CC(=O)C2=C(C1)NC1=C(CN=N1)C21CCC(C(F)(F)F)CC1. The monoisotopic (exact) mass is 353 g/mol. The minimum Gasteiger partial charge on any atom is -0.342 e. The molecule has 4 rings (SSSR count). The molecule has 0 aromatic rings. The number of dihydropyridines is 1. The van der Waals surface area contributed by atoms with Crippen LogP contribution in [0.3, 0.4) is 0 Å². The molecule has 2 heterocycles. The fourth-order valence-electron chi connectivity index (χ4n) is 5.06. The molecular weight excluding hydrogens is 331 g/mol. The minimum absolute atomic E-state index is 0.0632. The van der Waals surface area contributed by atoms with E-state index in [0.717, 1.165) is 16.8 Å². The number of ketones is 1. The molecule has 2 aliphatic carbocycles. The predicted octanol–water partition coefficient (Wildman–Crippen LogP) is 4.65. The zero-order valence-corrected chi connectivity index (χ0v) is 14.5. The van der Waals surface area contributed by atoms with E-state index in [-0.39, 0.29) is 24.0 Å². The van der Waals surface area contributed by atoms with Crippen LogP contribution in [0, 0.1) is 16.7 Å². The maximum Gasteiger partial charge on any atom is 0.391 e. The van der Waals surface area contributed by atoms with Crippen molar-refractivity contribution in [3.05, 3.63) is 22.7 Å². The Balaban J connectivity index is 1.75. The Labute approximate surface area is 144 Å². The minimum atomic E-state index is -4.16. The first-order chi connectivity index (χ1) is 11.6. The number of nitrogens with one attached hydrogen (secondary N) is 1. The summed E-state index contributed by atoms with van der Waals surface area (Å²) in [6, 6.07) is 0. The zero-order chi connectivity index (χ0) is 18.0. The average molecular weight is 353 g/mol. The van der Waals surface area contributed by atoms with E-state index in [9.17, 15) is 18.0 Å². The molecular formula is C18H22F3N3O. The van der Waals surface area contributed by atoms with E-state index in [1.54, 1.807) is 0 Å². The number of alkyl halides is 3. The first-order valence-electron chi connectivity index (χ1n) is 8.84. The van der Waals surface area contributed by atoms with Crippen molar-refractivity contribution in [3.63, 3.8) is 0 Å². The lowest BCUT2D eigenvalue weighted by Gasteiger charge is -2.48. The first kappa shape index (κ1) is 16.8. The van der Waals surface area contributed by atoms with Crippen molar-refractivity contribution in [2.75, 3.05) is 6.54 Å². The Morgan fingerprint density at radius 2 is 1.84 bits per heavy atom. The average Bonchev–Trinajstić information content (AvgIpc) is 2.94. The molecule has 4 nitrogen and oxygen atoms in total. The van der Waals surface area contributed by atoms with Crippen molar-refractivity contribution in [1.82, 2.24) is 5.32 Å². The van der Waals surface area contributed by atoms with Gasteiger partial charge in [-0.05, 0) is 37.5 Å². The number of halogens is 3. The normalized spacial score (nSPS) is 34.3. The van der Waals surface area contributed by atoms with E-state index in [1.165, 1.54) is 0 Å². The Morgan fingerprint density at radius 3 is 2.48 bits per heavy atom. The second-order valence-electron chi connectivity index (χ2n) is 8.54. The van der Waals surface area contributed by atoms with Crippen molar-refractivity contribution in [2.24, 2.45) is 27.0 Å². The summed E-state index contributed by atoms with van der Waals surface area (Å²) in [5, 5.41) is 11.5. The molecule has 25 heavy (non-hydrogen) atoms. The number of carbonyl (C=O) groups excluding carboxylic acids is 1. The highest BCUT2D eigenvalue weighted by molar-refractivity contribution is 6.00. The Kier molecular flexibility index (Phi) is 3.48. The molecule has 7 heteroatoms. The molecule has 0 bridgehead atoms. The largest absolute Gasteiger partial charge is 0.391 e. The third-order valence-electron chi connectivity index (χ3n) is 6.19. The van der Waals surface area contributed by atoms with Gasteiger partial charge in [-0.15, -0.1) is 5.11 Å². The van der Waals surface area contributed by atoms with E-state index in [2.05, 4.69) is 15.5 Å². The van der Waals surface area contributed by atoms with E-state index < -0.39 is 17.5 Å². The van der Waals surface area contributed by atoms with Gasteiger partial charge in [0.2, 0.25) is 0 Å². The number of azo groups is 1. The number of fused-ring (bicyclic) bond motifs is 2. The topological polar surface area (TPSA) is 53.8 Å².